The molecule has 0 bridgehead atoms. The maximum absolute atomic E-state index is 12.5. The van der Waals surface area contributed by atoms with Crippen LogP contribution in [0.15, 0.2) is 0 Å². The SMILES string of the molecule is CC(C)C(=O)O[C@@H]1CC(N2CCCCC2)[C@@]2(C)[C@@H](CC[C@H]3[C@@H]4CC[C@H](O)[C@@]4(C)CC[C@@H]32)C1. The number of rotatable bonds is 3. The van der Waals surface area contributed by atoms with Crippen LogP contribution in [-0.4, -0.2) is 47.3 Å². The summed E-state index contributed by atoms with van der Waals surface area (Å²) in [6.07, 6.45) is 13.4. The molecule has 5 fully saturated rings. The molecular formula is C28H47NO3. The van der Waals surface area contributed by atoms with E-state index in [1.165, 1.54) is 64.5 Å². The molecule has 0 amide bonds. The van der Waals surface area contributed by atoms with Gasteiger partial charge in [-0.1, -0.05) is 34.1 Å². The Hall–Kier alpha value is -0.610. The van der Waals surface area contributed by atoms with E-state index in [2.05, 4.69) is 18.7 Å². The summed E-state index contributed by atoms with van der Waals surface area (Å²) in [6.45, 7) is 11.4. The van der Waals surface area contributed by atoms with E-state index in [9.17, 15) is 9.90 Å². The molecule has 0 aromatic heterocycles. The summed E-state index contributed by atoms with van der Waals surface area (Å²) in [5, 5.41) is 10.8. The van der Waals surface area contributed by atoms with Gasteiger partial charge in [-0.15, -0.1) is 0 Å². The van der Waals surface area contributed by atoms with Crippen molar-refractivity contribution < 1.29 is 14.6 Å². The molecule has 5 aliphatic rings. The van der Waals surface area contributed by atoms with Crippen molar-refractivity contribution in [2.24, 2.45) is 40.4 Å². The van der Waals surface area contributed by atoms with Gasteiger partial charge >= 0.3 is 5.97 Å². The lowest BCUT2D eigenvalue weighted by Gasteiger charge is -2.64. The Morgan fingerprint density at radius 2 is 1.72 bits per heavy atom. The lowest BCUT2D eigenvalue weighted by molar-refractivity contribution is -0.185. The van der Waals surface area contributed by atoms with Gasteiger partial charge in [0.25, 0.3) is 0 Å². The van der Waals surface area contributed by atoms with Gasteiger partial charge in [0, 0.05) is 12.5 Å². The van der Waals surface area contributed by atoms with Gasteiger partial charge in [0.1, 0.15) is 6.10 Å². The van der Waals surface area contributed by atoms with Crippen LogP contribution >= 0.6 is 0 Å². The molecule has 5 rings (SSSR count). The van der Waals surface area contributed by atoms with Crippen LogP contribution in [0.25, 0.3) is 0 Å². The van der Waals surface area contributed by atoms with Gasteiger partial charge in [0.15, 0.2) is 0 Å². The van der Waals surface area contributed by atoms with E-state index in [4.69, 9.17) is 4.74 Å². The third kappa shape index (κ3) is 3.58. The van der Waals surface area contributed by atoms with Crippen molar-refractivity contribution in [2.45, 2.75) is 117 Å². The van der Waals surface area contributed by atoms with E-state index in [0.717, 1.165) is 31.1 Å². The van der Waals surface area contributed by atoms with Gasteiger partial charge in [-0.3, -0.25) is 9.69 Å². The maximum Gasteiger partial charge on any atom is 0.308 e. The number of aliphatic hydroxyl groups excluding tert-OH is 1. The molecule has 1 unspecified atom stereocenters. The molecule has 4 nitrogen and oxygen atoms in total. The molecular weight excluding hydrogens is 398 g/mol. The summed E-state index contributed by atoms with van der Waals surface area (Å²) < 4.78 is 6.10. The van der Waals surface area contributed by atoms with Gasteiger partial charge < -0.3 is 9.84 Å². The van der Waals surface area contributed by atoms with Crippen LogP contribution in [0.3, 0.4) is 0 Å². The first-order chi connectivity index (χ1) is 15.2. The van der Waals surface area contributed by atoms with Gasteiger partial charge in [0.05, 0.1) is 12.0 Å². The number of hydrogen-bond acceptors (Lipinski definition) is 4. The smallest absolute Gasteiger partial charge is 0.308 e. The van der Waals surface area contributed by atoms with Gasteiger partial charge in [0.2, 0.25) is 0 Å². The van der Waals surface area contributed by atoms with Crippen LogP contribution in [-0.2, 0) is 9.53 Å². The Morgan fingerprint density at radius 1 is 0.969 bits per heavy atom. The number of likely N-dealkylation sites (tertiary alicyclic amines) is 1. The van der Waals surface area contributed by atoms with Crippen LogP contribution < -0.4 is 0 Å². The van der Waals surface area contributed by atoms with Crippen molar-refractivity contribution in [3.05, 3.63) is 0 Å². The van der Waals surface area contributed by atoms with E-state index < -0.39 is 0 Å². The maximum atomic E-state index is 12.5. The molecule has 1 saturated heterocycles. The average molecular weight is 446 g/mol. The Balaban J connectivity index is 1.44. The molecule has 4 saturated carbocycles. The average Bonchev–Trinajstić information content (AvgIpc) is 3.08. The predicted molar refractivity (Wildman–Crippen MR) is 127 cm³/mol. The first kappa shape index (κ1) is 23.1. The Bertz CT molecular complexity index is 703. The quantitative estimate of drug-likeness (QED) is 0.589. The second kappa shape index (κ2) is 8.56. The van der Waals surface area contributed by atoms with Crippen molar-refractivity contribution in [1.82, 2.24) is 4.90 Å². The molecule has 1 heterocycles. The number of hydrogen-bond donors (Lipinski definition) is 1. The monoisotopic (exact) mass is 445 g/mol. The number of aliphatic hydroxyl groups is 1. The van der Waals surface area contributed by atoms with Gasteiger partial charge in [-0.2, -0.15) is 0 Å². The minimum Gasteiger partial charge on any atom is -0.462 e. The highest BCUT2D eigenvalue weighted by Gasteiger charge is 2.63. The molecule has 1 N–H and O–H groups in total. The standard InChI is InChI=1S/C28H47NO3/c1-18(2)26(31)32-20-16-19-8-9-21-22-10-11-25(30)27(22,3)13-12-23(21)28(19,4)24(17-20)29-14-6-5-7-15-29/h18-25,30H,5-17H2,1-4H3/t19-,20-,21-,22-,23-,24?,25-,27-,28-/m0/s1. The third-order valence-corrected chi connectivity index (χ3v) is 11.3. The second-order valence-electron chi connectivity index (χ2n) is 13.0. The first-order valence-corrected chi connectivity index (χ1v) is 13.9. The molecule has 0 aromatic carbocycles. The highest BCUT2D eigenvalue weighted by Crippen LogP contribution is 2.67. The van der Waals surface area contributed by atoms with Crippen molar-refractivity contribution in [2.75, 3.05) is 13.1 Å². The molecule has 4 heteroatoms. The van der Waals surface area contributed by atoms with Crippen LogP contribution in [0.2, 0.25) is 0 Å². The highest BCUT2D eigenvalue weighted by atomic mass is 16.5. The fourth-order valence-electron chi connectivity index (χ4n) is 9.42. The number of nitrogens with zero attached hydrogens (tertiary/aromatic N) is 1. The van der Waals surface area contributed by atoms with Crippen LogP contribution in [0.5, 0.6) is 0 Å². The zero-order valence-corrected chi connectivity index (χ0v) is 21.0. The fourth-order valence-corrected chi connectivity index (χ4v) is 9.42. The van der Waals surface area contributed by atoms with E-state index in [1.807, 2.05) is 13.8 Å². The molecule has 1 aliphatic heterocycles. The predicted octanol–water partition coefficient (Wildman–Crippen LogP) is 5.42. The van der Waals surface area contributed by atoms with Crippen molar-refractivity contribution >= 4 is 5.97 Å². The van der Waals surface area contributed by atoms with Crippen LogP contribution in [0, 0.1) is 40.4 Å². The Morgan fingerprint density at radius 3 is 2.44 bits per heavy atom. The number of carbonyl (C=O) groups is 1. The van der Waals surface area contributed by atoms with E-state index in [0.29, 0.717) is 23.3 Å². The second-order valence-corrected chi connectivity index (χ2v) is 13.0. The zero-order valence-electron chi connectivity index (χ0n) is 21.0. The third-order valence-electron chi connectivity index (χ3n) is 11.3. The fraction of sp³-hybridized carbons (Fsp3) is 0.964. The van der Waals surface area contributed by atoms with Crippen molar-refractivity contribution in [3.8, 4) is 0 Å². The summed E-state index contributed by atoms with van der Waals surface area (Å²) >= 11 is 0. The molecule has 9 atom stereocenters. The van der Waals surface area contributed by atoms with Crippen molar-refractivity contribution in [1.29, 1.82) is 0 Å². The summed E-state index contributed by atoms with van der Waals surface area (Å²) in [7, 11) is 0. The minimum atomic E-state index is -0.0944. The Labute approximate surface area is 195 Å². The number of esters is 1. The minimum absolute atomic E-state index is 0.0157. The lowest BCUT2D eigenvalue weighted by atomic mass is 9.43. The number of carbonyl (C=O) groups excluding carboxylic acids is 1. The van der Waals surface area contributed by atoms with E-state index >= 15 is 0 Å². The van der Waals surface area contributed by atoms with Crippen LogP contribution in [0.4, 0.5) is 0 Å². The largest absolute Gasteiger partial charge is 0.462 e. The molecule has 0 radical (unpaired) electrons. The summed E-state index contributed by atoms with van der Waals surface area (Å²) in [5.74, 6) is 2.83. The topological polar surface area (TPSA) is 49.8 Å². The number of ether oxygens (including phenoxy) is 1. The van der Waals surface area contributed by atoms with E-state index in [1.54, 1.807) is 0 Å². The highest BCUT2D eigenvalue weighted by molar-refractivity contribution is 5.71. The zero-order chi connectivity index (χ0) is 22.7. The first-order valence-electron chi connectivity index (χ1n) is 13.9. The Kier molecular flexibility index (Phi) is 6.19. The summed E-state index contributed by atoms with van der Waals surface area (Å²) in [6, 6.07) is 0.537. The van der Waals surface area contributed by atoms with Crippen molar-refractivity contribution in [3.63, 3.8) is 0 Å². The molecule has 0 aromatic rings. The summed E-state index contributed by atoms with van der Waals surface area (Å²) in [5.41, 5.74) is 0.463. The van der Waals surface area contributed by atoms with Crippen LogP contribution in [0.1, 0.15) is 98.3 Å². The molecule has 32 heavy (non-hydrogen) atoms. The molecule has 4 aliphatic carbocycles. The normalized spacial score (nSPS) is 49.2. The lowest BCUT2D eigenvalue weighted by Crippen LogP contribution is -2.64. The van der Waals surface area contributed by atoms with Gasteiger partial charge in [-0.25, -0.2) is 0 Å². The molecule has 0 spiro atoms. The summed E-state index contributed by atoms with van der Waals surface area (Å²) in [4.78, 5) is 15.3. The van der Waals surface area contributed by atoms with E-state index in [-0.39, 0.29) is 29.5 Å². The number of piperidine rings is 1. The number of fused-ring (bicyclic) bond motifs is 5. The molecule has 182 valence electrons. The van der Waals surface area contributed by atoms with Gasteiger partial charge in [-0.05, 0) is 105 Å².